The summed E-state index contributed by atoms with van der Waals surface area (Å²) >= 11 is 0. The maximum absolute atomic E-state index is 6.16. The minimum absolute atomic E-state index is 0.116. The highest BCUT2D eigenvalue weighted by Crippen LogP contribution is 2.29. The molecular formula is C20H27NO. The van der Waals surface area contributed by atoms with E-state index in [1.807, 2.05) is 6.07 Å². The zero-order valence-corrected chi connectivity index (χ0v) is 14.1. The van der Waals surface area contributed by atoms with Gasteiger partial charge in [0.15, 0.2) is 0 Å². The molecule has 118 valence electrons. The number of aryl methyl sites for hydroxylation is 1. The Kier molecular flexibility index (Phi) is 5.88. The SMILES string of the molecule is CCC(C)c1ccccc1OC(C)CNc1cccc(C)c1. The Balaban J connectivity index is 1.96. The minimum Gasteiger partial charge on any atom is -0.489 e. The van der Waals surface area contributed by atoms with Crippen LogP contribution in [0.1, 0.15) is 44.2 Å². The van der Waals surface area contributed by atoms with Crippen LogP contribution in [0.4, 0.5) is 5.69 Å². The van der Waals surface area contributed by atoms with E-state index in [9.17, 15) is 0 Å². The van der Waals surface area contributed by atoms with Crippen LogP contribution in [0.2, 0.25) is 0 Å². The van der Waals surface area contributed by atoms with Gasteiger partial charge in [-0.2, -0.15) is 0 Å². The summed E-state index contributed by atoms with van der Waals surface area (Å²) in [7, 11) is 0. The Hall–Kier alpha value is -1.96. The van der Waals surface area contributed by atoms with Gasteiger partial charge in [0, 0.05) is 5.69 Å². The van der Waals surface area contributed by atoms with E-state index in [-0.39, 0.29) is 6.10 Å². The molecule has 2 rings (SSSR count). The molecule has 2 aromatic carbocycles. The number of rotatable bonds is 7. The number of benzene rings is 2. The van der Waals surface area contributed by atoms with Crippen molar-refractivity contribution in [2.75, 3.05) is 11.9 Å². The lowest BCUT2D eigenvalue weighted by molar-refractivity contribution is 0.231. The third-order valence-electron chi connectivity index (χ3n) is 4.00. The maximum atomic E-state index is 6.16. The van der Waals surface area contributed by atoms with Crippen LogP contribution in [0.15, 0.2) is 48.5 Å². The van der Waals surface area contributed by atoms with E-state index in [0.29, 0.717) is 5.92 Å². The zero-order chi connectivity index (χ0) is 15.9. The summed E-state index contributed by atoms with van der Waals surface area (Å²) in [5, 5.41) is 3.44. The third-order valence-corrected chi connectivity index (χ3v) is 4.00. The second-order valence-corrected chi connectivity index (χ2v) is 6.03. The van der Waals surface area contributed by atoms with E-state index in [2.05, 4.69) is 75.5 Å². The second-order valence-electron chi connectivity index (χ2n) is 6.03. The molecule has 0 aliphatic carbocycles. The van der Waals surface area contributed by atoms with Crippen LogP contribution in [0, 0.1) is 6.92 Å². The topological polar surface area (TPSA) is 21.3 Å². The fraction of sp³-hybridized carbons (Fsp3) is 0.400. The molecule has 2 nitrogen and oxygen atoms in total. The molecule has 0 amide bonds. The first-order chi connectivity index (χ1) is 10.6. The van der Waals surface area contributed by atoms with Crippen molar-refractivity contribution >= 4 is 5.69 Å². The monoisotopic (exact) mass is 297 g/mol. The molecule has 2 atom stereocenters. The highest BCUT2D eigenvalue weighted by Gasteiger charge is 2.12. The van der Waals surface area contributed by atoms with E-state index in [4.69, 9.17) is 4.74 Å². The molecule has 0 bridgehead atoms. The molecule has 0 fully saturated rings. The fourth-order valence-corrected chi connectivity index (χ4v) is 2.49. The average Bonchev–Trinajstić information content (AvgIpc) is 2.53. The van der Waals surface area contributed by atoms with Crippen molar-refractivity contribution in [3.8, 4) is 5.75 Å². The zero-order valence-electron chi connectivity index (χ0n) is 14.1. The van der Waals surface area contributed by atoms with Crippen LogP contribution >= 0.6 is 0 Å². The summed E-state index contributed by atoms with van der Waals surface area (Å²) in [5.74, 6) is 1.53. The summed E-state index contributed by atoms with van der Waals surface area (Å²) in [6.45, 7) is 9.46. The van der Waals surface area contributed by atoms with Crippen LogP contribution in [-0.4, -0.2) is 12.6 Å². The van der Waals surface area contributed by atoms with Crippen molar-refractivity contribution in [1.29, 1.82) is 0 Å². The van der Waals surface area contributed by atoms with Gasteiger partial charge in [0.1, 0.15) is 11.9 Å². The van der Waals surface area contributed by atoms with Gasteiger partial charge in [0.2, 0.25) is 0 Å². The molecule has 0 radical (unpaired) electrons. The van der Waals surface area contributed by atoms with Crippen molar-refractivity contribution in [2.45, 2.75) is 46.1 Å². The summed E-state index contributed by atoms with van der Waals surface area (Å²) in [6.07, 6.45) is 1.24. The van der Waals surface area contributed by atoms with E-state index in [1.165, 1.54) is 11.1 Å². The number of nitrogens with one attached hydrogen (secondary N) is 1. The first-order valence-electron chi connectivity index (χ1n) is 8.16. The molecule has 0 saturated heterocycles. The summed E-state index contributed by atoms with van der Waals surface area (Å²) in [5.41, 5.74) is 3.71. The largest absolute Gasteiger partial charge is 0.489 e. The lowest BCUT2D eigenvalue weighted by Gasteiger charge is -2.20. The number of hydrogen-bond acceptors (Lipinski definition) is 2. The molecule has 0 aromatic heterocycles. The lowest BCUT2D eigenvalue weighted by Crippen LogP contribution is -2.23. The van der Waals surface area contributed by atoms with Crippen molar-refractivity contribution < 1.29 is 4.74 Å². The van der Waals surface area contributed by atoms with Gasteiger partial charge in [0.25, 0.3) is 0 Å². The van der Waals surface area contributed by atoms with E-state index in [0.717, 1.165) is 24.4 Å². The van der Waals surface area contributed by atoms with E-state index in [1.54, 1.807) is 0 Å². The first kappa shape index (κ1) is 16.4. The molecule has 2 aromatic rings. The Morgan fingerprint density at radius 3 is 2.55 bits per heavy atom. The summed E-state index contributed by atoms with van der Waals surface area (Å²) in [6, 6.07) is 16.8. The smallest absolute Gasteiger partial charge is 0.123 e. The van der Waals surface area contributed by atoms with Gasteiger partial charge in [0.05, 0.1) is 6.54 Å². The predicted octanol–water partition coefficient (Wildman–Crippen LogP) is 5.39. The van der Waals surface area contributed by atoms with Crippen LogP contribution in [0.5, 0.6) is 5.75 Å². The Morgan fingerprint density at radius 1 is 1.05 bits per heavy atom. The lowest BCUT2D eigenvalue weighted by atomic mass is 9.98. The van der Waals surface area contributed by atoms with Gasteiger partial charge < -0.3 is 10.1 Å². The molecule has 1 N–H and O–H groups in total. The van der Waals surface area contributed by atoms with Gasteiger partial charge in [-0.1, -0.05) is 44.2 Å². The summed E-state index contributed by atoms with van der Waals surface area (Å²) < 4.78 is 6.16. The van der Waals surface area contributed by atoms with Gasteiger partial charge in [-0.15, -0.1) is 0 Å². The Morgan fingerprint density at radius 2 is 1.82 bits per heavy atom. The average molecular weight is 297 g/mol. The number of ether oxygens (including phenoxy) is 1. The van der Waals surface area contributed by atoms with Crippen LogP contribution in [0.3, 0.4) is 0 Å². The Labute approximate surface area is 134 Å². The van der Waals surface area contributed by atoms with E-state index >= 15 is 0 Å². The number of anilines is 1. The quantitative estimate of drug-likeness (QED) is 0.740. The molecule has 2 unspecified atom stereocenters. The van der Waals surface area contributed by atoms with Gasteiger partial charge >= 0.3 is 0 Å². The number of hydrogen-bond donors (Lipinski definition) is 1. The molecule has 0 spiro atoms. The van der Waals surface area contributed by atoms with Crippen molar-refractivity contribution in [1.82, 2.24) is 0 Å². The van der Waals surface area contributed by atoms with E-state index < -0.39 is 0 Å². The van der Waals surface area contributed by atoms with Gasteiger partial charge in [-0.3, -0.25) is 0 Å². The molecule has 0 aliphatic rings. The van der Waals surface area contributed by atoms with Crippen LogP contribution in [-0.2, 0) is 0 Å². The van der Waals surface area contributed by atoms with Crippen molar-refractivity contribution in [3.05, 3.63) is 59.7 Å². The first-order valence-corrected chi connectivity index (χ1v) is 8.16. The summed E-state index contributed by atoms with van der Waals surface area (Å²) in [4.78, 5) is 0. The standard InChI is InChI=1S/C20H27NO/c1-5-16(3)19-11-6-7-12-20(19)22-17(4)14-21-18-10-8-9-15(2)13-18/h6-13,16-17,21H,5,14H2,1-4H3. The van der Waals surface area contributed by atoms with Crippen molar-refractivity contribution in [3.63, 3.8) is 0 Å². The van der Waals surface area contributed by atoms with Gasteiger partial charge in [-0.25, -0.2) is 0 Å². The highest BCUT2D eigenvalue weighted by atomic mass is 16.5. The van der Waals surface area contributed by atoms with Gasteiger partial charge in [-0.05, 0) is 55.5 Å². The normalized spacial score (nSPS) is 13.5. The third kappa shape index (κ3) is 4.52. The second kappa shape index (κ2) is 7.88. The fourth-order valence-electron chi connectivity index (χ4n) is 2.49. The molecular weight excluding hydrogens is 270 g/mol. The van der Waals surface area contributed by atoms with Crippen molar-refractivity contribution in [2.24, 2.45) is 0 Å². The predicted molar refractivity (Wildman–Crippen MR) is 94.9 cm³/mol. The number of para-hydroxylation sites is 1. The molecule has 0 saturated carbocycles. The molecule has 2 heteroatoms. The van der Waals surface area contributed by atoms with Crippen LogP contribution < -0.4 is 10.1 Å². The molecule has 0 aliphatic heterocycles. The minimum atomic E-state index is 0.116. The Bertz CT molecular complexity index is 594. The molecule has 22 heavy (non-hydrogen) atoms. The highest BCUT2D eigenvalue weighted by molar-refractivity contribution is 5.45. The molecule has 0 heterocycles. The maximum Gasteiger partial charge on any atom is 0.123 e. The van der Waals surface area contributed by atoms with Crippen LogP contribution in [0.25, 0.3) is 0 Å².